The van der Waals surface area contributed by atoms with E-state index in [4.69, 9.17) is 5.26 Å². The standard InChI is InChI=1S/C16H15N3O2S/c17-12-7-13-18-16(14-8-3-1-4-9-14)19-22(20,21)15-10-5-2-6-11-15/h1-6,8-11H,7,13H2,(H,18,19)/p+1. The van der Waals surface area contributed by atoms with Gasteiger partial charge in [0.25, 0.3) is 5.84 Å². The van der Waals surface area contributed by atoms with Gasteiger partial charge >= 0.3 is 10.0 Å². The minimum atomic E-state index is -3.68. The van der Waals surface area contributed by atoms with Crippen LogP contribution in [0.25, 0.3) is 0 Å². The van der Waals surface area contributed by atoms with E-state index in [0.717, 1.165) is 0 Å². The molecule has 2 rings (SSSR count). The third-order valence-corrected chi connectivity index (χ3v) is 4.26. The second-order valence-corrected chi connectivity index (χ2v) is 6.18. The largest absolute Gasteiger partial charge is 0.328 e. The van der Waals surface area contributed by atoms with Crippen LogP contribution in [-0.4, -0.2) is 20.8 Å². The zero-order valence-corrected chi connectivity index (χ0v) is 12.7. The normalized spacial score (nSPS) is 11.7. The van der Waals surface area contributed by atoms with Crippen LogP contribution in [-0.2, 0) is 10.0 Å². The van der Waals surface area contributed by atoms with Gasteiger partial charge < -0.3 is 0 Å². The van der Waals surface area contributed by atoms with Crippen molar-refractivity contribution in [3.05, 3.63) is 66.2 Å². The minimum Gasteiger partial charge on any atom is -0.272 e. The van der Waals surface area contributed by atoms with E-state index in [9.17, 15) is 8.42 Å². The summed E-state index contributed by atoms with van der Waals surface area (Å²) in [6.07, 6.45) is 0.281. The highest BCUT2D eigenvalue weighted by Crippen LogP contribution is 2.08. The average molecular weight is 314 g/mol. The van der Waals surface area contributed by atoms with Crippen LogP contribution in [0.3, 0.4) is 0 Å². The molecule has 0 aliphatic rings. The van der Waals surface area contributed by atoms with E-state index in [2.05, 4.69) is 9.71 Å². The lowest BCUT2D eigenvalue weighted by Crippen LogP contribution is -2.76. The van der Waals surface area contributed by atoms with Crippen LogP contribution in [0.1, 0.15) is 12.0 Å². The summed E-state index contributed by atoms with van der Waals surface area (Å²) in [6, 6.07) is 19.2. The first-order valence-corrected chi connectivity index (χ1v) is 8.23. The average Bonchev–Trinajstić information content (AvgIpc) is 2.56. The van der Waals surface area contributed by atoms with Gasteiger partial charge in [-0.2, -0.15) is 18.4 Å². The molecule has 0 atom stereocenters. The number of amidine groups is 1. The van der Waals surface area contributed by atoms with Crippen molar-refractivity contribution < 1.29 is 13.4 Å². The fourth-order valence-electron chi connectivity index (χ4n) is 1.84. The predicted molar refractivity (Wildman–Crippen MR) is 83.4 cm³/mol. The van der Waals surface area contributed by atoms with Crippen molar-refractivity contribution in [3.8, 4) is 6.07 Å². The smallest absolute Gasteiger partial charge is 0.272 e. The molecule has 0 bridgehead atoms. The molecular formula is C16H16N3O2S+. The van der Waals surface area contributed by atoms with Crippen LogP contribution in [0, 0.1) is 11.3 Å². The quantitative estimate of drug-likeness (QED) is 0.476. The molecule has 2 N–H and O–H groups in total. The molecule has 0 spiro atoms. The van der Waals surface area contributed by atoms with Gasteiger partial charge in [-0.05, 0) is 24.3 Å². The van der Waals surface area contributed by atoms with Crippen LogP contribution >= 0.6 is 0 Å². The number of rotatable bonds is 5. The third kappa shape index (κ3) is 4.17. The Bertz CT molecular complexity index is 779. The fraction of sp³-hybridized carbons (Fsp3) is 0.125. The summed E-state index contributed by atoms with van der Waals surface area (Å²) in [6.45, 7) is 0.359. The van der Waals surface area contributed by atoms with Crippen LogP contribution in [0.15, 0.2) is 65.6 Å². The molecule has 0 radical (unpaired) electrons. The number of benzene rings is 2. The summed E-state index contributed by atoms with van der Waals surface area (Å²) in [7, 11) is -3.68. The molecule has 2 aromatic carbocycles. The maximum absolute atomic E-state index is 12.4. The van der Waals surface area contributed by atoms with Crippen molar-refractivity contribution in [2.45, 2.75) is 11.3 Å². The molecule has 5 nitrogen and oxygen atoms in total. The fourth-order valence-corrected chi connectivity index (χ4v) is 2.93. The van der Waals surface area contributed by atoms with E-state index in [-0.39, 0.29) is 11.3 Å². The van der Waals surface area contributed by atoms with Crippen molar-refractivity contribution in [1.82, 2.24) is 4.72 Å². The Kier molecular flexibility index (Phi) is 5.28. The zero-order valence-electron chi connectivity index (χ0n) is 11.9. The number of nitrogens with zero attached hydrogens (tertiary/aromatic N) is 1. The highest BCUT2D eigenvalue weighted by Gasteiger charge is 2.23. The summed E-state index contributed by atoms with van der Waals surface area (Å²) >= 11 is 0. The lowest BCUT2D eigenvalue weighted by Gasteiger charge is -2.05. The third-order valence-electron chi connectivity index (χ3n) is 2.89. The van der Waals surface area contributed by atoms with Gasteiger partial charge in [-0.25, -0.2) is 0 Å². The second-order valence-electron chi connectivity index (χ2n) is 4.49. The molecule has 0 fully saturated rings. The first kappa shape index (κ1) is 15.7. The summed E-state index contributed by atoms with van der Waals surface area (Å²) < 4.78 is 27.4. The molecule has 0 heterocycles. The van der Waals surface area contributed by atoms with E-state index in [1.165, 1.54) is 12.1 Å². The van der Waals surface area contributed by atoms with Gasteiger partial charge in [0, 0.05) is 0 Å². The minimum absolute atomic E-state index is 0.186. The maximum atomic E-state index is 12.4. The highest BCUT2D eigenvalue weighted by atomic mass is 32.2. The number of hydrogen-bond donors (Lipinski definition) is 2. The number of hydrogen-bond acceptors (Lipinski definition) is 3. The van der Waals surface area contributed by atoms with Gasteiger partial charge in [0.15, 0.2) is 0 Å². The van der Waals surface area contributed by atoms with Gasteiger partial charge in [0.2, 0.25) is 0 Å². The highest BCUT2D eigenvalue weighted by molar-refractivity contribution is 7.90. The molecule has 0 saturated carbocycles. The molecule has 0 saturated heterocycles. The first-order valence-electron chi connectivity index (χ1n) is 6.74. The van der Waals surface area contributed by atoms with E-state index in [1.54, 1.807) is 30.3 Å². The second kappa shape index (κ2) is 7.38. The zero-order chi connectivity index (χ0) is 15.8. The maximum Gasteiger partial charge on any atom is 0.328 e. The Morgan fingerprint density at radius 3 is 2.23 bits per heavy atom. The summed E-state index contributed by atoms with van der Waals surface area (Å²) in [5.74, 6) is 0.361. The molecule has 6 heteroatoms. The molecule has 0 aliphatic heterocycles. The van der Waals surface area contributed by atoms with E-state index in [1.807, 2.05) is 24.3 Å². The van der Waals surface area contributed by atoms with Crippen molar-refractivity contribution in [2.75, 3.05) is 6.54 Å². The number of nitrogens with one attached hydrogen (secondary N) is 2. The Labute approximate surface area is 130 Å². The van der Waals surface area contributed by atoms with E-state index in [0.29, 0.717) is 17.9 Å². The Morgan fingerprint density at radius 2 is 1.64 bits per heavy atom. The predicted octanol–water partition coefficient (Wildman–Crippen LogP) is 0.406. The van der Waals surface area contributed by atoms with Gasteiger partial charge in [-0.15, -0.1) is 0 Å². The molecule has 0 aromatic heterocycles. The van der Waals surface area contributed by atoms with Crippen LogP contribution in [0.2, 0.25) is 0 Å². The molecule has 0 unspecified atom stereocenters. The molecule has 2 aromatic rings. The van der Waals surface area contributed by atoms with Gasteiger partial charge in [-0.3, -0.25) is 4.99 Å². The lowest BCUT2D eigenvalue weighted by atomic mass is 10.2. The SMILES string of the molecule is N#CCC[NH+]=C(NS(=O)(=O)c1ccccc1)c1ccccc1. The Morgan fingerprint density at radius 1 is 1.05 bits per heavy atom. The van der Waals surface area contributed by atoms with Crippen molar-refractivity contribution >= 4 is 15.9 Å². The molecule has 0 aliphatic carbocycles. The Balaban J connectivity index is 2.31. The van der Waals surface area contributed by atoms with Crippen molar-refractivity contribution in [3.63, 3.8) is 0 Å². The lowest BCUT2D eigenvalue weighted by molar-refractivity contribution is -0.456. The van der Waals surface area contributed by atoms with Gasteiger partial charge in [0.1, 0.15) is 4.90 Å². The monoisotopic (exact) mass is 314 g/mol. The van der Waals surface area contributed by atoms with Crippen molar-refractivity contribution in [2.24, 2.45) is 0 Å². The van der Waals surface area contributed by atoms with Crippen LogP contribution in [0.4, 0.5) is 0 Å². The molecule has 112 valence electrons. The van der Waals surface area contributed by atoms with Gasteiger partial charge in [-0.1, -0.05) is 36.4 Å². The molecular weight excluding hydrogens is 298 g/mol. The summed E-state index contributed by atoms with van der Waals surface area (Å²) in [5, 5.41) is 8.62. The van der Waals surface area contributed by atoms with Crippen LogP contribution in [0.5, 0.6) is 0 Å². The Hall–Kier alpha value is -2.65. The van der Waals surface area contributed by atoms with E-state index < -0.39 is 10.0 Å². The molecule has 0 amide bonds. The summed E-state index contributed by atoms with van der Waals surface area (Å²) in [4.78, 5) is 3.15. The summed E-state index contributed by atoms with van der Waals surface area (Å²) in [5.41, 5.74) is 0.708. The number of nitriles is 1. The van der Waals surface area contributed by atoms with Crippen molar-refractivity contribution in [1.29, 1.82) is 5.26 Å². The van der Waals surface area contributed by atoms with Gasteiger partial charge in [0.05, 0.1) is 24.6 Å². The topological polar surface area (TPSA) is 83.9 Å². The first-order chi connectivity index (χ1) is 10.6. The van der Waals surface area contributed by atoms with E-state index >= 15 is 0 Å². The van der Waals surface area contributed by atoms with Crippen LogP contribution < -0.4 is 9.71 Å². The number of sulfonamides is 1. The molecule has 22 heavy (non-hydrogen) atoms.